The summed E-state index contributed by atoms with van der Waals surface area (Å²) in [5.41, 5.74) is 1.35. The predicted molar refractivity (Wildman–Crippen MR) is 83.4 cm³/mol. The van der Waals surface area contributed by atoms with Crippen LogP contribution in [0.3, 0.4) is 0 Å². The third-order valence-corrected chi connectivity index (χ3v) is 4.51. The molecule has 0 radical (unpaired) electrons. The number of benzene rings is 1. The van der Waals surface area contributed by atoms with Crippen LogP contribution in [0.5, 0.6) is 0 Å². The van der Waals surface area contributed by atoms with Crippen LogP contribution in [0.4, 0.5) is 0 Å². The van der Waals surface area contributed by atoms with E-state index in [4.69, 9.17) is 5.11 Å². The van der Waals surface area contributed by atoms with Gasteiger partial charge in [0.1, 0.15) is 0 Å². The summed E-state index contributed by atoms with van der Waals surface area (Å²) in [7, 11) is 0. The Hall–Kier alpha value is -1.75. The molecule has 0 unspecified atom stereocenters. The van der Waals surface area contributed by atoms with E-state index in [2.05, 4.69) is 6.08 Å². The second-order valence-corrected chi connectivity index (χ2v) is 5.83. The molecule has 1 aliphatic rings. The lowest BCUT2D eigenvalue weighted by atomic mass is 10.2. The van der Waals surface area contributed by atoms with Gasteiger partial charge in [0.25, 0.3) is 0 Å². The zero-order valence-electron chi connectivity index (χ0n) is 12.0. The Morgan fingerprint density at radius 3 is 2.71 bits per heavy atom. The maximum absolute atomic E-state index is 12.3. The molecule has 4 nitrogen and oxygen atoms in total. The Morgan fingerprint density at radius 2 is 2.10 bits per heavy atom. The monoisotopic (exact) mass is 305 g/mol. The van der Waals surface area contributed by atoms with Crippen molar-refractivity contribution in [3.05, 3.63) is 41.6 Å². The van der Waals surface area contributed by atoms with Gasteiger partial charge in [-0.05, 0) is 38.3 Å². The molecule has 0 bridgehead atoms. The molecule has 0 aromatic heterocycles. The van der Waals surface area contributed by atoms with Crippen molar-refractivity contribution in [2.75, 3.05) is 12.3 Å². The zero-order chi connectivity index (χ0) is 15.2. The molecule has 0 fully saturated rings. The number of hydrogen-bond donors (Lipinski definition) is 1. The molecule has 2 rings (SSSR count). The lowest BCUT2D eigenvalue weighted by Gasteiger charge is -2.22. The first-order valence-corrected chi connectivity index (χ1v) is 8.06. The second-order valence-electron chi connectivity index (χ2n) is 4.82. The number of carboxylic acids is 1. The largest absolute Gasteiger partial charge is 0.478 e. The normalized spacial score (nSPS) is 13.9. The van der Waals surface area contributed by atoms with E-state index in [1.165, 1.54) is 11.8 Å². The van der Waals surface area contributed by atoms with E-state index in [9.17, 15) is 9.59 Å². The summed E-state index contributed by atoms with van der Waals surface area (Å²) in [6.07, 6.45) is 5.22. The highest BCUT2D eigenvalue weighted by atomic mass is 32.2. The Labute approximate surface area is 128 Å². The first-order chi connectivity index (χ1) is 10.1. The summed E-state index contributed by atoms with van der Waals surface area (Å²) >= 11 is 1.29. The molecule has 1 aromatic rings. The molecule has 21 heavy (non-hydrogen) atoms. The molecule has 0 heterocycles. The highest BCUT2D eigenvalue weighted by Crippen LogP contribution is 2.26. The highest BCUT2D eigenvalue weighted by Gasteiger charge is 2.19. The molecule has 1 aromatic carbocycles. The quantitative estimate of drug-likeness (QED) is 0.818. The van der Waals surface area contributed by atoms with Gasteiger partial charge >= 0.3 is 5.97 Å². The van der Waals surface area contributed by atoms with E-state index in [1.807, 2.05) is 11.8 Å². The van der Waals surface area contributed by atoms with Crippen LogP contribution < -0.4 is 0 Å². The standard InChI is InChI=1S/C16H19NO3S/c1-2-17(12-7-3-4-8-12)15(18)11-21-14-10-6-5-9-13(14)16(19)20/h5-7,9-10H,2-4,8,11H2,1H3,(H,19,20). The van der Waals surface area contributed by atoms with Gasteiger partial charge in [-0.25, -0.2) is 4.79 Å². The fourth-order valence-corrected chi connectivity index (χ4v) is 3.35. The van der Waals surface area contributed by atoms with Gasteiger partial charge in [-0.3, -0.25) is 4.79 Å². The topological polar surface area (TPSA) is 57.6 Å². The van der Waals surface area contributed by atoms with Crippen LogP contribution in [0.2, 0.25) is 0 Å². The summed E-state index contributed by atoms with van der Waals surface area (Å²) in [5, 5.41) is 9.14. The molecule has 112 valence electrons. The Bertz CT molecular complexity index is 568. The van der Waals surface area contributed by atoms with E-state index in [-0.39, 0.29) is 17.2 Å². The molecule has 0 atom stereocenters. The predicted octanol–water partition coefficient (Wildman–Crippen LogP) is 3.39. The van der Waals surface area contributed by atoms with Gasteiger partial charge < -0.3 is 10.0 Å². The molecule has 1 N–H and O–H groups in total. The molecule has 1 amide bonds. The molecule has 0 saturated carbocycles. The fourth-order valence-electron chi connectivity index (χ4n) is 2.43. The minimum absolute atomic E-state index is 0.0378. The third-order valence-electron chi connectivity index (χ3n) is 3.45. The van der Waals surface area contributed by atoms with Crippen molar-refractivity contribution in [3.8, 4) is 0 Å². The molecule has 0 spiro atoms. The van der Waals surface area contributed by atoms with Crippen LogP contribution in [0.25, 0.3) is 0 Å². The lowest BCUT2D eigenvalue weighted by molar-refractivity contribution is -0.126. The number of thioether (sulfide) groups is 1. The molecule has 0 saturated heterocycles. The Kier molecular flexibility index (Phi) is 5.44. The number of nitrogens with zero attached hydrogens (tertiary/aromatic N) is 1. The maximum Gasteiger partial charge on any atom is 0.336 e. The Morgan fingerprint density at radius 1 is 1.33 bits per heavy atom. The molecule has 1 aliphatic carbocycles. The lowest BCUT2D eigenvalue weighted by Crippen LogP contribution is -2.31. The van der Waals surface area contributed by atoms with Gasteiger partial charge in [0.2, 0.25) is 5.91 Å². The van der Waals surface area contributed by atoms with Gasteiger partial charge in [0.05, 0.1) is 11.3 Å². The number of rotatable bonds is 6. The number of allylic oxidation sites excluding steroid dienone is 2. The summed E-state index contributed by atoms with van der Waals surface area (Å²) in [5.74, 6) is -0.664. The van der Waals surface area contributed by atoms with E-state index in [0.29, 0.717) is 11.4 Å². The first kappa shape index (κ1) is 15.6. The number of amides is 1. The van der Waals surface area contributed by atoms with Gasteiger partial charge in [-0.2, -0.15) is 0 Å². The number of carboxylic acid groups (broad SMARTS) is 1. The molecular weight excluding hydrogens is 286 g/mol. The zero-order valence-corrected chi connectivity index (χ0v) is 12.9. The van der Waals surface area contributed by atoms with Crippen molar-refractivity contribution < 1.29 is 14.7 Å². The van der Waals surface area contributed by atoms with Crippen LogP contribution in [0.15, 0.2) is 40.9 Å². The maximum atomic E-state index is 12.3. The van der Waals surface area contributed by atoms with E-state index < -0.39 is 5.97 Å². The van der Waals surface area contributed by atoms with Crippen molar-refractivity contribution in [2.24, 2.45) is 0 Å². The first-order valence-electron chi connectivity index (χ1n) is 7.08. The van der Waals surface area contributed by atoms with E-state index in [0.717, 1.165) is 25.0 Å². The number of carbonyl (C=O) groups is 2. The summed E-state index contributed by atoms with van der Waals surface area (Å²) in [6.45, 7) is 2.62. The van der Waals surface area contributed by atoms with Crippen molar-refractivity contribution in [2.45, 2.75) is 31.1 Å². The SMILES string of the molecule is CCN(C(=O)CSc1ccccc1C(=O)O)C1=CCCC1. The highest BCUT2D eigenvalue weighted by molar-refractivity contribution is 8.00. The van der Waals surface area contributed by atoms with Gasteiger partial charge in [-0.15, -0.1) is 11.8 Å². The van der Waals surface area contributed by atoms with Crippen molar-refractivity contribution in [1.29, 1.82) is 0 Å². The molecular formula is C16H19NO3S. The summed E-state index contributed by atoms with van der Waals surface area (Å²) < 4.78 is 0. The Balaban J connectivity index is 2.02. The van der Waals surface area contributed by atoms with Gasteiger partial charge in [0.15, 0.2) is 0 Å². The van der Waals surface area contributed by atoms with Crippen LogP contribution in [0.1, 0.15) is 36.5 Å². The van der Waals surface area contributed by atoms with Crippen molar-refractivity contribution in [1.82, 2.24) is 4.90 Å². The fraction of sp³-hybridized carbons (Fsp3) is 0.375. The van der Waals surface area contributed by atoms with Crippen LogP contribution in [-0.2, 0) is 4.79 Å². The number of carbonyl (C=O) groups excluding carboxylic acids is 1. The average Bonchev–Trinajstić information content (AvgIpc) is 3.00. The van der Waals surface area contributed by atoms with Crippen molar-refractivity contribution >= 4 is 23.6 Å². The number of hydrogen-bond acceptors (Lipinski definition) is 3. The minimum Gasteiger partial charge on any atom is -0.478 e. The molecule has 0 aliphatic heterocycles. The van der Waals surface area contributed by atoms with Crippen LogP contribution >= 0.6 is 11.8 Å². The van der Waals surface area contributed by atoms with Crippen LogP contribution in [0, 0.1) is 0 Å². The summed E-state index contributed by atoms with van der Waals surface area (Å²) in [4.78, 5) is 25.9. The smallest absolute Gasteiger partial charge is 0.336 e. The van der Waals surface area contributed by atoms with Gasteiger partial charge in [0, 0.05) is 17.1 Å². The van der Waals surface area contributed by atoms with E-state index >= 15 is 0 Å². The van der Waals surface area contributed by atoms with E-state index in [1.54, 1.807) is 24.3 Å². The molecule has 5 heteroatoms. The second kappa shape index (κ2) is 7.31. The number of aromatic carboxylic acids is 1. The van der Waals surface area contributed by atoms with Crippen LogP contribution in [-0.4, -0.2) is 34.2 Å². The average molecular weight is 305 g/mol. The minimum atomic E-state index is -0.962. The van der Waals surface area contributed by atoms with Gasteiger partial charge in [-0.1, -0.05) is 18.2 Å². The van der Waals surface area contributed by atoms with Crippen molar-refractivity contribution in [3.63, 3.8) is 0 Å². The summed E-state index contributed by atoms with van der Waals surface area (Å²) in [6, 6.07) is 6.78. The third kappa shape index (κ3) is 3.88.